The Bertz CT molecular complexity index is 156. The Morgan fingerprint density at radius 2 is 2.00 bits per heavy atom. The number of hydrogen-bond acceptors (Lipinski definition) is 3. The lowest BCUT2D eigenvalue weighted by molar-refractivity contribution is 0.0756. The van der Waals surface area contributed by atoms with Gasteiger partial charge in [-0.05, 0) is 19.3 Å². The largest absolute Gasteiger partial charge is 0.381 e. The van der Waals surface area contributed by atoms with Gasteiger partial charge in [-0.3, -0.25) is 0 Å². The highest BCUT2D eigenvalue weighted by Crippen LogP contribution is 2.26. The third kappa shape index (κ3) is 2.86. The average molecular weight is 201 g/mol. The molecule has 0 spiro atoms. The molecule has 0 aromatic rings. The summed E-state index contributed by atoms with van der Waals surface area (Å²) in [4.78, 5) is 0. The van der Waals surface area contributed by atoms with E-state index < -0.39 is 0 Å². The summed E-state index contributed by atoms with van der Waals surface area (Å²) < 4.78 is 5.34. The van der Waals surface area contributed by atoms with Crippen molar-refractivity contribution < 1.29 is 4.74 Å². The van der Waals surface area contributed by atoms with E-state index in [-0.39, 0.29) is 0 Å². The fourth-order valence-electron chi connectivity index (χ4n) is 2.13. The summed E-state index contributed by atoms with van der Waals surface area (Å²) in [6.45, 7) is 4.23. The zero-order chi connectivity index (χ0) is 9.10. The van der Waals surface area contributed by atoms with Gasteiger partial charge >= 0.3 is 0 Å². The highest BCUT2D eigenvalue weighted by molar-refractivity contribution is 8.00. The molecule has 2 aliphatic rings. The molecule has 2 heterocycles. The van der Waals surface area contributed by atoms with Gasteiger partial charge in [-0.1, -0.05) is 6.92 Å². The molecule has 0 radical (unpaired) electrons. The number of hydrogen-bond donors (Lipinski definition) is 1. The molecule has 2 aliphatic heterocycles. The maximum Gasteiger partial charge on any atom is 0.0480 e. The molecule has 2 saturated heterocycles. The molecule has 76 valence electrons. The molecule has 2 unspecified atom stereocenters. The normalized spacial score (nSPS) is 36.7. The van der Waals surface area contributed by atoms with Crippen LogP contribution in [0.1, 0.15) is 26.2 Å². The van der Waals surface area contributed by atoms with Crippen LogP contribution in [-0.2, 0) is 4.74 Å². The van der Waals surface area contributed by atoms with Crippen molar-refractivity contribution in [2.45, 2.75) is 43.5 Å². The van der Waals surface area contributed by atoms with Crippen molar-refractivity contribution in [2.75, 3.05) is 19.0 Å². The van der Waals surface area contributed by atoms with E-state index in [4.69, 9.17) is 4.74 Å². The molecule has 2 nitrogen and oxygen atoms in total. The van der Waals surface area contributed by atoms with E-state index in [1.54, 1.807) is 0 Å². The summed E-state index contributed by atoms with van der Waals surface area (Å²) in [6, 6.07) is 1.49. The van der Waals surface area contributed by atoms with Crippen LogP contribution in [0.4, 0.5) is 0 Å². The van der Waals surface area contributed by atoms with Crippen LogP contribution in [0.15, 0.2) is 0 Å². The van der Waals surface area contributed by atoms with Crippen LogP contribution in [-0.4, -0.2) is 36.3 Å². The molecule has 0 saturated carbocycles. The van der Waals surface area contributed by atoms with E-state index >= 15 is 0 Å². The maximum absolute atomic E-state index is 5.34. The minimum absolute atomic E-state index is 0.727. The molecular weight excluding hydrogens is 182 g/mol. The van der Waals surface area contributed by atoms with E-state index in [1.807, 2.05) is 0 Å². The Labute approximate surface area is 84.8 Å². The van der Waals surface area contributed by atoms with Crippen LogP contribution in [0.25, 0.3) is 0 Å². The van der Waals surface area contributed by atoms with E-state index in [9.17, 15) is 0 Å². The van der Waals surface area contributed by atoms with Gasteiger partial charge in [0.25, 0.3) is 0 Å². The number of ether oxygens (including phenoxy) is 1. The van der Waals surface area contributed by atoms with E-state index in [1.165, 1.54) is 25.0 Å². The summed E-state index contributed by atoms with van der Waals surface area (Å²) in [7, 11) is 0. The Hall–Kier alpha value is 0.270. The van der Waals surface area contributed by atoms with Crippen molar-refractivity contribution >= 4 is 11.8 Å². The summed E-state index contributed by atoms with van der Waals surface area (Å²) in [5, 5.41) is 4.61. The lowest BCUT2D eigenvalue weighted by Crippen LogP contribution is -2.41. The van der Waals surface area contributed by atoms with E-state index in [2.05, 4.69) is 24.0 Å². The van der Waals surface area contributed by atoms with Gasteiger partial charge in [0, 0.05) is 36.3 Å². The van der Waals surface area contributed by atoms with Crippen LogP contribution in [0.5, 0.6) is 0 Å². The van der Waals surface area contributed by atoms with E-state index in [0.29, 0.717) is 0 Å². The second kappa shape index (κ2) is 4.67. The molecule has 0 aromatic carbocycles. The Morgan fingerprint density at radius 1 is 1.23 bits per heavy atom. The average Bonchev–Trinajstić information content (AvgIpc) is 2.53. The number of thioether (sulfide) groups is 1. The molecule has 1 N–H and O–H groups in total. The first-order valence-corrected chi connectivity index (χ1v) is 6.35. The monoisotopic (exact) mass is 201 g/mol. The molecule has 2 atom stereocenters. The van der Waals surface area contributed by atoms with Gasteiger partial charge in [-0.15, -0.1) is 0 Å². The third-order valence-electron chi connectivity index (χ3n) is 2.89. The SMILES string of the molecule is CC1CC(NC2CCOCC2)CS1. The standard InChI is InChI=1S/C10H19NOS/c1-8-6-10(7-13-8)11-9-2-4-12-5-3-9/h8-11H,2-7H2,1H3. The van der Waals surface area contributed by atoms with Crippen molar-refractivity contribution in [2.24, 2.45) is 0 Å². The van der Waals surface area contributed by atoms with Crippen LogP contribution in [0, 0.1) is 0 Å². The highest BCUT2D eigenvalue weighted by Gasteiger charge is 2.24. The molecule has 3 heteroatoms. The van der Waals surface area contributed by atoms with Crippen molar-refractivity contribution in [3.63, 3.8) is 0 Å². The van der Waals surface area contributed by atoms with Crippen molar-refractivity contribution in [3.8, 4) is 0 Å². The van der Waals surface area contributed by atoms with Gasteiger partial charge in [0.05, 0.1) is 0 Å². The molecule has 0 bridgehead atoms. The van der Waals surface area contributed by atoms with Gasteiger partial charge < -0.3 is 10.1 Å². The second-order valence-electron chi connectivity index (χ2n) is 4.13. The molecule has 0 amide bonds. The summed E-state index contributed by atoms with van der Waals surface area (Å²) >= 11 is 2.10. The predicted molar refractivity (Wildman–Crippen MR) is 57.3 cm³/mol. The molecule has 0 aromatic heterocycles. The molecule has 2 rings (SSSR count). The molecule has 13 heavy (non-hydrogen) atoms. The Morgan fingerprint density at radius 3 is 2.62 bits per heavy atom. The summed E-state index contributed by atoms with van der Waals surface area (Å²) in [5.41, 5.74) is 0. The topological polar surface area (TPSA) is 21.3 Å². The first-order chi connectivity index (χ1) is 6.34. The van der Waals surface area contributed by atoms with Crippen LogP contribution < -0.4 is 5.32 Å². The van der Waals surface area contributed by atoms with E-state index in [0.717, 1.165) is 30.5 Å². The first-order valence-electron chi connectivity index (χ1n) is 5.30. The number of rotatable bonds is 2. The third-order valence-corrected chi connectivity index (χ3v) is 4.25. The van der Waals surface area contributed by atoms with Crippen molar-refractivity contribution in [1.29, 1.82) is 0 Å². The van der Waals surface area contributed by atoms with Gasteiger partial charge in [-0.2, -0.15) is 11.8 Å². The smallest absolute Gasteiger partial charge is 0.0480 e. The van der Waals surface area contributed by atoms with Crippen molar-refractivity contribution in [1.82, 2.24) is 5.32 Å². The maximum atomic E-state index is 5.34. The van der Waals surface area contributed by atoms with Gasteiger partial charge in [0.15, 0.2) is 0 Å². The Kier molecular flexibility index (Phi) is 3.52. The van der Waals surface area contributed by atoms with Gasteiger partial charge in [-0.25, -0.2) is 0 Å². The minimum Gasteiger partial charge on any atom is -0.381 e. The lowest BCUT2D eigenvalue weighted by Gasteiger charge is -2.26. The minimum atomic E-state index is 0.727. The molecule has 0 aliphatic carbocycles. The van der Waals surface area contributed by atoms with Crippen molar-refractivity contribution in [3.05, 3.63) is 0 Å². The molecular formula is C10H19NOS. The van der Waals surface area contributed by atoms with Crippen LogP contribution in [0.3, 0.4) is 0 Å². The predicted octanol–water partition coefficient (Wildman–Crippen LogP) is 1.65. The van der Waals surface area contributed by atoms with Crippen LogP contribution in [0.2, 0.25) is 0 Å². The quantitative estimate of drug-likeness (QED) is 0.734. The molecule has 2 fully saturated rings. The zero-order valence-electron chi connectivity index (χ0n) is 8.29. The summed E-state index contributed by atoms with van der Waals surface area (Å²) in [5.74, 6) is 1.30. The first kappa shape index (κ1) is 9.81. The second-order valence-corrected chi connectivity index (χ2v) is 5.60. The van der Waals surface area contributed by atoms with Gasteiger partial charge in [0.2, 0.25) is 0 Å². The fraction of sp³-hybridized carbons (Fsp3) is 1.00. The van der Waals surface area contributed by atoms with Gasteiger partial charge in [0.1, 0.15) is 0 Å². The summed E-state index contributed by atoms with van der Waals surface area (Å²) in [6.07, 6.45) is 3.76. The Balaban J connectivity index is 1.71. The lowest BCUT2D eigenvalue weighted by atomic mass is 10.1. The number of nitrogens with one attached hydrogen (secondary N) is 1. The fourth-order valence-corrected chi connectivity index (χ4v) is 3.29. The van der Waals surface area contributed by atoms with Crippen LogP contribution >= 0.6 is 11.8 Å². The zero-order valence-corrected chi connectivity index (χ0v) is 9.11. The highest BCUT2D eigenvalue weighted by atomic mass is 32.2.